The number of benzene rings is 2. The number of nitrogens with zero attached hydrogens (tertiary/aromatic N) is 5. The Kier molecular flexibility index (Phi) is 9.89. The van der Waals surface area contributed by atoms with Gasteiger partial charge in [0.1, 0.15) is 16.7 Å². The molecule has 0 saturated carbocycles. The van der Waals surface area contributed by atoms with Crippen LogP contribution >= 0.6 is 43.2 Å². The lowest BCUT2D eigenvalue weighted by Crippen LogP contribution is -2.58. The summed E-state index contributed by atoms with van der Waals surface area (Å²) in [6, 6.07) is 9.80. The lowest BCUT2D eigenvalue weighted by atomic mass is 10.0. The van der Waals surface area contributed by atoms with Gasteiger partial charge < -0.3 is 40.4 Å². The fourth-order valence-corrected chi connectivity index (χ4v) is 8.25. The second kappa shape index (κ2) is 14.1. The molecule has 1 atom stereocenters. The molecule has 2 saturated heterocycles. The van der Waals surface area contributed by atoms with Crippen molar-refractivity contribution in [1.29, 1.82) is 0 Å². The Labute approximate surface area is 291 Å². The molecule has 1 aromatic heterocycles. The lowest BCUT2D eigenvalue weighted by molar-refractivity contribution is -0.133. The maximum Gasteiger partial charge on any atom is 0.347 e. The van der Waals surface area contributed by atoms with Gasteiger partial charge in [-0.2, -0.15) is 0 Å². The van der Waals surface area contributed by atoms with E-state index in [1.165, 1.54) is 6.20 Å². The number of fused-ring (bicyclic) bond motifs is 1. The number of hydrogen-bond acceptors (Lipinski definition) is 8. The molecule has 13 nitrogen and oxygen atoms in total. The number of anilines is 2. The molecule has 2 fully saturated rings. The number of carbonyl (C=O) groups is 4. The first-order valence-electron chi connectivity index (χ1n) is 15.2. The minimum atomic E-state index is -1.03. The number of nitrogens with one attached hydrogen (secondary N) is 2. The summed E-state index contributed by atoms with van der Waals surface area (Å²) in [5.74, 6) is -1.22. The van der Waals surface area contributed by atoms with Crippen LogP contribution in [0.2, 0.25) is 0 Å². The summed E-state index contributed by atoms with van der Waals surface area (Å²) in [6.07, 6.45) is 2.76. The normalized spacial score (nSPS) is 17.6. The molecular weight excluding hydrogens is 758 g/mol. The third-order valence-electron chi connectivity index (χ3n) is 8.73. The van der Waals surface area contributed by atoms with E-state index in [9.17, 15) is 29.4 Å². The topological polar surface area (TPSA) is 159 Å². The van der Waals surface area contributed by atoms with Crippen LogP contribution in [0.15, 0.2) is 51.5 Å². The fraction of sp³-hybridized carbons (Fsp3) is 0.387. The number of piperidine rings is 1. The van der Waals surface area contributed by atoms with Gasteiger partial charge in [-0.1, -0.05) is 29.5 Å². The number of rotatable bonds is 7. The summed E-state index contributed by atoms with van der Waals surface area (Å²) >= 11 is 7.80. The lowest BCUT2D eigenvalue weighted by Gasteiger charge is -2.41. The summed E-state index contributed by atoms with van der Waals surface area (Å²) in [7, 11) is 0. The largest absolute Gasteiger partial charge is 0.506 e. The van der Waals surface area contributed by atoms with Crippen molar-refractivity contribution >= 4 is 78.0 Å². The maximum absolute atomic E-state index is 13.9. The number of aromatic hydroxyl groups is 1. The molecular formula is C31H33Br2N7O6S. The predicted molar refractivity (Wildman–Crippen MR) is 183 cm³/mol. The fourth-order valence-electron chi connectivity index (χ4n) is 6.16. The number of aromatic nitrogens is 1. The van der Waals surface area contributed by atoms with Crippen LogP contribution in [0.3, 0.4) is 0 Å². The van der Waals surface area contributed by atoms with Crippen LogP contribution < -0.4 is 15.5 Å². The van der Waals surface area contributed by atoms with E-state index in [0.717, 1.165) is 28.2 Å². The highest BCUT2D eigenvalue weighted by Gasteiger charge is 2.35. The minimum absolute atomic E-state index is 0.0164. The number of carboxylic acids is 1. The van der Waals surface area contributed by atoms with Crippen LogP contribution in [0.25, 0.3) is 0 Å². The molecule has 0 aliphatic carbocycles. The number of thiazole rings is 1. The van der Waals surface area contributed by atoms with Gasteiger partial charge in [0.2, 0.25) is 5.91 Å². The molecule has 0 unspecified atom stereocenters. The van der Waals surface area contributed by atoms with Crippen molar-refractivity contribution < 1.29 is 29.4 Å². The summed E-state index contributed by atoms with van der Waals surface area (Å²) in [4.78, 5) is 63.3. The Balaban J connectivity index is 1.11. The molecule has 6 rings (SSSR count). The van der Waals surface area contributed by atoms with Crippen molar-refractivity contribution in [3.8, 4) is 5.75 Å². The number of phenolic OH excluding ortho intramolecular Hbond substituents is 1. The summed E-state index contributed by atoms with van der Waals surface area (Å²) in [5, 5.41) is 26.0. The Bertz CT molecular complexity index is 1670. The van der Waals surface area contributed by atoms with Crippen LogP contribution in [-0.4, -0.2) is 105 Å². The molecule has 3 aliphatic rings. The van der Waals surface area contributed by atoms with Gasteiger partial charge >= 0.3 is 18.0 Å². The quantitative estimate of drug-likeness (QED) is 0.272. The predicted octanol–water partition coefficient (Wildman–Crippen LogP) is 4.55. The molecule has 5 amide bonds. The molecule has 0 spiro atoms. The van der Waals surface area contributed by atoms with Crippen molar-refractivity contribution in [2.75, 3.05) is 49.5 Å². The van der Waals surface area contributed by atoms with E-state index in [1.807, 2.05) is 34.1 Å². The number of urea groups is 2. The average Bonchev–Trinajstić information content (AvgIpc) is 3.57. The Hall–Kier alpha value is -3.89. The number of phenols is 1. The van der Waals surface area contributed by atoms with Gasteiger partial charge in [0.05, 0.1) is 15.1 Å². The smallest absolute Gasteiger partial charge is 0.347 e. The third kappa shape index (κ3) is 7.33. The number of halogens is 2. The standard InChI is InChI=1S/C31H33Br2N7O6S/c32-21-13-18(14-22(33)26(21)41)15-24(27(42)37-9-11-39(12-10-37)31-34-16-25(47-31)28(43)44)36-29(45)38-7-5-20(6-8-38)40-17-19-3-1-2-4-23(19)35-30(40)46/h1-4,13-14,16,20,24,41H,5-12,15,17H2,(H,35,46)(H,36,45)(H,43,44)/t24-/m1/s1. The number of hydrogen-bond donors (Lipinski definition) is 4. The van der Waals surface area contributed by atoms with Crippen molar-refractivity contribution in [3.63, 3.8) is 0 Å². The van der Waals surface area contributed by atoms with Crippen LogP contribution in [-0.2, 0) is 17.8 Å². The van der Waals surface area contributed by atoms with Gasteiger partial charge in [-0.05, 0) is 74.0 Å². The zero-order valence-electron chi connectivity index (χ0n) is 25.2. The SMILES string of the molecule is O=C(O)c1cnc(N2CCN(C(=O)[C@@H](Cc3cc(Br)c(O)c(Br)c3)NC(=O)N3CCC(N4Cc5ccccc5NC4=O)CC3)CC2)s1. The summed E-state index contributed by atoms with van der Waals surface area (Å²) in [6.45, 7) is 3.08. The van der Waals surface area contributed by atoms with E-state index < -0.39 is 12.0 Å². The van der Waals surface area contributed by atoms with E-state index in [2.05, 4.69) is 47.5 Å². The number of piperazine rings is 1. The molecule has 0 bridgehead atoms. The first-order valence-corrected chi connectivity index (χ1v) is 17.6. The van der Waals surface area contributed by atoms with Gasteiger partial charge in [0.25, 0.3) is 0 Å². The van der Waals surface area contributed by atoms with Gasteiger partial charge in [-0.25, -0.2) is 19.4 Å². The highest BCUT2D eigenvalue weighted by molar-refractivity contribution is 9.11. The zero-order chi connectivity index (χ0) is 33.2. The monoisotopic (exact) mass is 789 g/mol. The maximum atomic E-state index is 13.9. The second-order valence-corrected chi connectivity index (χ2v) is 14.4. The van der Waals surface area contributed by atoms with E-state index >= 15 is 0 Å². The van der Waals surface area contributed by atoms with Crippen molar-refractivity contribution in [2.24, 2.45) is 0 Å². The minimum Gasteiger partial charge on any atom is -0.506 e. The molecule has 16 heteroatoms. The zero-order valence-corrected chi connectivity index (χ0v) is 29.2. The van der Waals surface area contributed by atoms with Crippen LogP contribution in [0.1, 0.15) is 33.6 Å². The van der Waals surface area contributed by atoms with Crippen LogP contribution in [0.4, 0.5) is 20.4 Å². The highest BCUT2D eigenvalue weighted by Crippen LogP contribution is 2.34. The van der Waals surface area contributed by atoms with Crippen molar-refractivity contribution in [2.45, 2.75) is 37.9 Å². The van der Waals surface area contributed by atoms with E-state index in [1.54, 1.807) is 21.9 Å². The van der Waals surface area contributed by atoms with Crippen LogP contribution in [0.5, 0.6) is 5.75 Å². The first-order chi connectivity index (χ1) is 22.6. The highest BCUT2D eigenvalue weighted by atomic mass is 79.9. The number of carboxylic acid groups (broad SMARTS) is 1. The van der Waals surface area contributed by atoms with Gasteiger partial charge in [-0.3, -0.25) is 4.79 Å². The summed E-state index contributed by atoms with van der Waals surface area (Å²) < 4.78 is 0.923. The number of likely N-dealkylation sites (tertiary alicyclic amines) is 1. The molecule has 4 heterocycles. The molecule has 2 aromatic carbocycles. The number of amides is 5. The average molecular weight is 792 g/mol. The molecule has 3 aromatic rings. The first kappa shape index (κ1) is 33.0. The molecule has 4 N–H and O–H groups in total. The van der Waals surface area contributed by atoms with Crippen molar-refractivity contribution in [3.05, 3.63) is 67.5 Å². The van der Waals surface area contributed by atoms with E-state index in [0.29, 0.717) is 72.7 Å². The van der Waals surface area contributed by atoms with Gasteiger partial charge in [0.15, 0.2) is 5.13 Å². The molecule has 0 radical (unpaired) electrons. The number of para-hydroxylation sites is 1. The van der Waals surface area contributed by atoms with Gasteiger partial charge in [0, 0.05) is 64.0 Å². The number of aromatic carboxylic acids is 1. The molecule has 3 aliphatic heterocycles. The molecule has 248 valence electrons. The van der Waals surface area contributed by atoms with Gasteiger partial charge in [-0.15, -0.1) is 0 Å². The van der Waals surface area contributed by atoms with E-state index in [4.69, 9.17) is 0 Å². The second-order valence-electron chi connectivity index (χ2n) is 11.7. The summed E-state index contributed by atoms with van der Waals surface area (Å²) in [5.41, 5.74) is 2.61. The van der Waals surface area contributed by atoms with Crippen molar-refractivity contribution in [1.82, 2.24) is 25.0 Å². The Morgan fingerprint density at radius 3 is 2.36 bits per heavy atom. The number of carbonyl (C=O) groups excluding carboxylic acids is 3. The third-order valence-corrected chi connectivity index (χ3v) is 11.0. The Morgan fingerprint density at radius 1 is 1.02 bits per heavy atom. The van der Waals surface area contributed by atoms with E-state index in [-0.39, 0.29) is 41.1 Å². The Morgan fingerprint density at radius 2 is 1.70 bits per heavy atom. The molecule has 47 heavy (non-hydrogen) atoms. The van der Waals surface area contributed by atoms with Crippen LogP contribution in [0, 0.1) is 0 Å².